The van der Waals surface area contributed by atoms with Crippen LogP contribution in [0.3, 0.4) is 0 Å². The van der Waals surface area contributed by atoms with E-state index in [0.717, 1.165) is 13.0 Å². The molecule has 5 heteroatoms. The molecule has 1 aliphatic carbocycles. The first kappa shape index (κ1) is 12.8. The maximum atomic E-state index is 5.74. The van der Waals surface area contributed by atoms with Crippen molar-refractivity contribution in [2.75, 3.05) is 0 Å². The van der Waals surface area contributed by atoms with Crippen molar-refractivity contribution in [3.63, 3.8) is 0 Å². The highest BCUT2D eigenvalue weighted by molar-refractivity contribution is 5.85. The highest BCUT2D eigenvalue weighted by Crippen LogP contribution is 2.38. The Balaban J connectivity index is 0.000000720. The van der Waals surface area contributed by atoms with Gasteiger partial charge in [0, 0.05) is 30.4 Å². The summed E-state index contributed by atoms with van der Waals surface area (Å²) in [5.74, 6) is 0.581. The monoisotopic (exact) mass is 223 g/mol. The molecule has 0 spiro atoms. The average Bonchev–Trinajstić information content (AvgIpc) is 2.58. The molecule has 0 radical (unpaired) electrons. The summed E-state index contributed by atoms with van der Waals surface area (Å²) in [6.45, 7) is 3.05. The second-order valence-corrected chi connectivity index (χ2v) is 3.08. The zero-order valence-electron chi connectivity index (χ0n) is 7.51. The fourth-order valence-electron chi connectivity index (χ4n) is 1.48. The van der Waals surface area contributed by atoms with Crippen molar-refractivity contribution in [2.45, 2.75) is 31.8 Å². The maximum absolute atomic E-state index is 5.74. The van der Waals surface area contributed by atoms with Gasteiger partial charge in [-0.05, 0) is 19.4 Å². The third-order valence-corrected chi connectivity index (χ3v) is 2.27. The van der Waals surface area contributed by atoms with Crippen molar-refractivity contribution in [1.82, 2.24) is 9.78 Å². The molecule has 0 bridgehead atoms. The van der Waals surface area contributed by atoms with E-state index in [1.54, 1.807) is 0 Å². The molecule has 1 saturated carbocycles. The van der Waals surface area contributed by atoms with Crippen LogP contribution in [0.25, 0.3) is 0 Å². The Morgan fingerprint density at radius 2 is 2.23 bits per heavy atom. The lowest BCUT2D eigenvalue weighted by molar-refractivity contribution is 0.620. The van der Waals surface area contributed by atoms with Crippen LogP contribution in [-0.2, 0) is 6.54 Å². The number of nitrogens with two attached hydrogens (primary N) is 1. The van der Waals surface area contributed by atoms with Gasteiger partial charge in [-0.2, -0.15) is 5.10 Å². The van der Waals surface area contributed by atoms with E-state index in [-0.39, 0.29) is 24.8 Å². The topological polar surface area (TPSA) is 43.8 Å². The first-order valence-electron chi connectivity index (χ1n) is 4.10. The van der Waals surface area contributed by atoms with Crippen molar-refractivity contribution >= 4 is 24.8 Å². The Kier molecular flexibility index (Phi) is 4.75. The second kappa shape index (κ2) is 4.84. The third-order valence-electron chi connectivity index (χ3n) is 2.27. The summed E-state index contributed by atoms with van der Waals surface area (Å²) < 4.78 is 2.03. The highest BCUT2D eigenvalue weighted by Gasteiger charge is 2.36. The molecule has 1 heterocycles. The zero-order chi connectivity index (χ0) is 7.84. The van der Waals surface area contributed by atoms with Gasteiger partial charge < -0.3 is 5.73 Å². The van der Waals surface area contributed by atoms with Gasteiger partial charge in [0.05, 0.1) is 0 Å². The van der Waals surface area contributed by atoms with Gasteiger partial charge in [-0.15, -0.1) is 24.8 Å². The number of aryl methyl sites for hydroxylation is 1. The van der Waals surface area contributed by atoms with Crippen molar-refractivity contribution in [1.29, 1.82) is 0 Å². The van der Waals surface area contributed by atoms with Gasteiger partial charge in [-0.25, -0.2) is 0 Å². The minimum Gasteiger partial charge on any atom is -0.327 e. The third kappa shape index (κ3) is 2.36. The first-order chi connectivity index (χ1) is 5.33. The molecule has 3 nitrogen and oxygen atoms in total. The van der Waals surface area contributed by atoms with Gasteiger partial charge >= 0.3 is 0 Å². The summed E-state index contributed by atoms with van der Waals surface area (Å²) in [5.41, 5.74) is 7.05. The van der Waals surface area contributed by atoms with Crippen molar-refractivity contribution < 1.29 is 0 Å². The highest BCUT2D eigenvalue weighted by atomic mass is 35.5. The predicted octanol–water partition coefficient (Wildman–Crippen LogP) is 1.56. The molecular weight excluding hydrogens is 209 g/mol. The summed E-state index contributed by atoms with van der Waals surface area (Å²) in [6, 6.07) is 2.46. The number of hydrogen-bond donors (Lipinski definition) is 1. The fraction of sp³-hybridized carbons (Fsp3) is 0.625. The number of hydrogen-bond acceptors (Lipinski definition) is 2. The Morgan fingerprint density at radius 1 is 1.62 bits per heavy atom. The molecule has 0 saturated heterocycles. The quantitative estimate of drug-likeness (QED) is 0.828. The SMILES string of the molecule is CCn1nccc1[C@@H]1C[C@H]1N.Cl.Cl. The zero-order valence-corrected chi connectivity index (χ0v) is 9.14. The Morgan fingerprint density at radius 3 is 2.69 bits per heavy atom. The van der Waals surface area contributed by atoms with E-state index in [1.807, 2.05) is 10.9 Å². The van der Waals surface area contributed by atoms with Gasteiger partial charge in [-0.1, -0.05) is 0 Å². The largest absolute Gasteiger partial charge is 0.327 e. The molecule has 2 atom stereocenters. The summed E-state index contributed by atoms with van der Waals surface area (Å²) in [5, 5.41) is 4.19. The van der Waals surface area contributed by atoms with E-state index >= 15 is 0 Å². The van der Waals surface area contributed by atoms with Crippen molar-refractivity contribution in [3.05, 3.63) is 18.0 Å². The molecule has 2 N–H and O–H groups in total. The lowest BCUT2D eigenvalue weighted by Crippen LogP contribution is -2.06. The van der Waals surface area contributed by atoms with Crippen LogP contribution in [0.2, 0.25) is 0 Å². The van der Waals surface area contributed by atoms with Crippen LogP contribution in [-0.4, -0.2) is 15.8 Å². The van der Waals surface area contributed by atoms with E-state index < -0.39 is 0 Å². The van der Waals surface area contributed by atoms with E-state index in [0.29, 0.717) is 12.0 Å². The molecule has 1 fully saturated rings. The number of aromatic nitrogens is 2. The molecule has 2 rings (SSSR count). The molecule has 13 heavy (non-hydrogen) atoms. The summed E-state index contributed by atoms with van der Waals surface area (Å²) >= 11 is 0. The maximum Gasteiger partial charge on any atom is 0.0492 e. The standard InChI is InChI=1S/C8H13N3.2ClH/c1-2-11-8(3-4-10-11)6-5-7(6)9;;/h3-4,6-7H,2,5,9H2,1H3;2*1H/t6-,7-;;/m1../s1. The van der Waals surface area contributed by atoms with E-state index in [2.05, 4.69) is 18.1 Å². The summed E-state index contributed by atoms with van der Waals surface area (Å²) in [4.78, 5) is 0. The molecular formula is C8H15Cl2N3. The molecule has 1 aromatic heterocycles. The van der Waals surface area contributed by atoms with Crippen LogP contribution in [0.4, 0.5) is 0 Å². The molecule has 0 aromatic carbocycles. The Bertz CT molecular complexity index is 262. The smallest absolute Gasteiger partial charge is 0.0492 e. The molecule has 1 aliphatic rings. The number of halogens is 2. The van der Waals surface area contributed by atoms with Crippen LogP contribution in [0.15, 0.2) is 12.3 Å². The van der Waals surface area contributed by atoms with E-state index in [4.69, 9.17) is 5.73 Å². The second-order valence-electron chi connectivity index (χ2n) is 3.08. The van der Waals surface area contributed by atoms with E-state index in [9.17, 15) is 0 Å². The van der Waals surface area contributed by atoms with E-state index in [1.165, 1.54) is 5.69 Å². The first-order valence-corrected chi connectivity index (χ1v) is 4.10. The van der Waals surface area contributed by atoms with Crippen LogP contribution in [0, 0.1) is 0 Å². The lowest BCUT2D eigenvalue weighted by Gasteiger charge is -2.01. The van der Waals surface area contributed by atoms with Gasteiger partial charge in [0.15, 0.2) is 0 Å². The summed E-state index contributed by atoms with van der Waals surface area (Å²) in [6.07, 6.45) is 2.98. The molecule has 76 valence electrons. The minimum atomic E-state index is 0. The van der Waals surface area contributed by atoms with Crippen molar-refractivity contribution in [2.24, 2.45) is 5.73 Å². The predicted molar refractivity (Wildman–Crippen MR) is 57.7 cm³/mol. The fourth-order valence-corrected chi connectivity index (χ4v) is 1.48. The molecule has 0 unspecified atom stereocenters. The minimum absolute atomic E-state index is 0. The number of rotatable bonds is 2. The van der Waals surface area contributed by atoms with Gasteiger partial charge in [0.2, 0.25) is 0 Å². The summed E-state index contributed by atoms with van der Waals surface area (Å²) in [7, 11) is 0. The molecule has 1 aromatic rings. The molecule has 0 amide bonds. The normalized spacial score (nSPS) is 24.5. The van der Waals surface area contributed by atoms with Gasteiger partial charge in [0.25, 0.3) is 0 Å². The van der Waals surface area contributed by atoms with Crippen LogP contribution >= 0.6 is 24.8 Å². The van der Waals surface area contributed by atoms with Crippen LogP contribution in [0.5, 0.6) is 0 Å². The van der Waals surface area contributed by atoms with Gasteiger partial charge in [-0.3, -0.25) is 4.68 Å². The lowest BCUT2D eigenvalue weighted by atomic mass is 10.3. The Labute approximate surface area is 90.5 Å². The molecule has 0 aliphatic heterocycles. The Hall–Kier alpha value is -0.250. The average molecular weight is 224 g/mol. The number of nitrogens with zero attached hydrogens (tertiary/aromatic N) is 2. The van der Waals surface area contributed by atoms with Crippen LogP contribution < -0.4 is 5.73 Å². The van der Waals surface area contributed by atoms with Crippen molar-refractivity contribution in [3.8, 4) is 0 Å². The van der Waals surface area contributed by atoms with Crippen LogP contribution in [0.1, 0.15) is 25.0 Å². The van der Waals surface area contributed by atoms with Gasteiger partial charge in [0.1, 0.15) is 0 Å².